The number of urea groups is 1. The standard InChI is InChI=1S/C17H15N5OS2/c1-10-6-15(11-4-5-25-9-11)20-17(24)22(10)16(23)19-13-2-3-14-12(7-13)8-18-21-14/h2-9,15H,1H3,(H,18,21)(H,19,23)(H,20,24). The van der Waals surface area contributed by atoms with Gasteiger partial charge in [-0.3, -0.25) is 5.10 Å². The number of carbonyl (C=O) groups excluding carboxylic acids is 1. The third kappa shape index (κ3) is 3.01. The summed E-state index contributed by atoms with van der Waals surface area (Å²) in [6, 6.07) is 7.31. The van der Waals surface area contributed by atoms with Crippen LogP contribution in [-0.2, 0) is 0 Å². The van der Waals surface area contributed by atoms with E-state index in [1.54, 1.807) is 17.5 Å². The molecule has 0 saturated carbocycles. The summed E-state index contributed by atoms with van der Waals surface area (Å²) in [4.78, 5) is 14.2. The molecule has 2 aromatic heterocycles. The fourth-order valence-electron chi connectivity index (χ4n) is 2.80. The number of H-pyrrole nitrogens is 1. The number of aromatic nitrogens is 2. The highest BCUT2D eigenvalue weighted by atomic mass is 32.1. The fraction of sp³-hybridized carbons (Fsp3) is 0.118. The molecule has 126 valence electrons. The molecule has 25 heavy (non-hydrogen) atoms. The average molecular weight is 369 g/mol. The van der Waals surface area contributed by atoms with Gasteiger partial charge in [0.05, 0.1) is 17.8 Å². The van der Waals surface area contributed by atoms with Crippen molar-refractivity contribution in [1.82, 2.24) is 20.4 Å². The number of benzene rings is 1. The Kier molecular flexibility index (Phi) is 3.98. The lowest BCUT2D eigenvalue weighted by Crippen LogP contribution is -2.48. The van der Waals surface area contributed by atoms with Crippen LogP contribution in [0.1, 0.15) is 18.5 Å². The Balaban J connectivity index is 1.55. The van der Waals surface area contributed by atoms with E-state index in [-0.39, 0.29) is 12.1 Å². The van der Waals surface area contributed by atoms with Gasteiger partial charge in [0.15, 0.2) is 5.11 Å². The zero-order valence-electron chi connectivity index (χ0n) is 13.3. The lowest BCUT2D eigenvalue weighted by atomic mass is 10.1. The number of thiocarbonyl (C=S) groups is 1. The van der Waals surface area contributed by atoms with Gasteiger partial charge in [-0.1, -0.05) is 0 Å². The van der Waals surface area contributed by atoms with Crippen LogP contribution in [-0.4, -0.2) is 26.2 Å². The smallest absolute Gasteiger partial charge is 0.332 e. The molecule has 0 fully saturated rings. The van der Waals surface area contributed by atoms with Crippen molar-refractivity contribution >= 4 is 51.3 Å². The molecular formula is C17H15N5OS2. The molecule has 3 heterocycles. The topological polar surface area (TPSA) is 73.1 Å². The van der Waals surface area contributed by atoms with Gasteiger partial charge in [-0.05, 0) is 65.8 Å². The van der Waals surface area contributed by atoms with Crippen LogP contribution in [0.3, 0.4) is 0 Å². The Morgan fingerprint density at radius 1 is 1.40 bits per heavy atom. The molecule has 3 aromatic rings. The second-order valence-corrected chi connectivity index (χ2v) is 6.90. The first-order valence-corrected chi connectivity index (χ1v) is 9.02. The van der Waals surface area contributed by atoms with Gasteiger partial charge in [-0.2, -0.15) is 16.4 Å². The first-order valence-electron chi connectivity index (χ1n) is 7.67. The van der Waals surface area contributed by atoms with Crippen molar-refractivity contribution in [3.05, 3.63) is 58.6 Å². The molecule has 0 spiro atoms. The molecule has 4 rings (SSSR count). The van der Waals surface area contributed by atoms with Crippen LogP contribution in [0.5, 0.6) is 0 Å². The van der Waals surface area contributed by atoms with Crippen molar-refractivity contribution in [1.29, 1.82) is 0 Å². The summed E-state index contributed by atoms with van der Waals surface area (Å²) < 4.78 is 0. The number of allylic oxidation sites excluding steroid dienone is 1. The van der Waals surface area contributed by atoms with Crippen LogP contribution in [0.25, 0.3) is 10.9 Å². The molecule has 0 aliphatic carbocycles. The van der Waals surface area contributed by atoms with Gasteiger partial charge < -0.3 is 10.6 Å². The predicted octanol–water partition coefficient (Wildman–Crippen LogP) is 3.99. The number of fused-ring (bicyclic) bond motifs is 1. The second kappa shape index (κ2) is 6.30. The highest BCUT2D eigenvalue weighted by molar-refractivity contribution is 7.80. The molecule has 6 nitrogen and oxygen atoms in total. The van der Waals surface area contributed by atoms with E-state index >= 15 is 0 Å². The van der Waals surface area contributed by atoms with Gasteiger partial charge in [0.2, 0.25) is 0 Å². The van der Waals surface area contributed by atoms with Crippen LogP contribution >= 0.6 is 23.6 Å². The Labute approximate surface area is 153 Å². The number of hydrogen-bond acceptors (Lipinski definition) is 4. The normalized spacial score (nSPS) is 17.3. The molecule has 1 unspecified atom stereocenters. The minimum Gasteiger partial charge on any atom is -0.351 e. The van der Waals surface area contributed by atoms with Crippen molar-refractivity contribution in [3.63, 3.8) is 0 Å². The highest BCUT2D eigenvalue weighted by Gasteiger charge is 2.27. The van der Waals surface area contributed by atoms with Gasteiger partial charge in [0.25, 0.3) is 0 Å². The molecule has 8 heteroatoms. The van der Waals surface area contributed by atoms with Crippen LogP contribution in [0, 0.1) is 0 Å². The average Bonchev–Trinajstić information content (AvgIpc) is 3.25. The van der Waals surface area contributed by atoms with Crippen LogP contribution in [0.15, 0.2) is 53.0 Å². The monoisotopic (exact) mass is 369 g/mol. The number of aromatic amines is 1. The third-order valence-electron chi connectivity index (χ3n) is 4.04. The molecule has 0 radical (unpaired) electrons. The number of anilines is 1. The number of carbonyl (C=O) groups is 1. The third-order valence-corrected chi connectivity index (χ3v) is 5.04. The van der Waals surface area contributed by atoms with E-state index < -0.39 is 0 Å². The number of amides is 2. The van der Waals surface area contributed by atoms with E-state index in [0.29, 0.717) is 10.8 Å². The lowest BCUT2D eigenvalue weighted by Gasteiger charge is -2.32. The van der Waals surface area contributed by atoms with E-state index in [9.17, 15) is 4.79 Å². The number of nitrogens with zero attached hydrogens (tertiary/aromatic N) is 2. The second-order valence-electron chi connectivity index (χ2n) is 5.73. The quantitative estimate of drug-likeness (QED) is 0.597. The summed E-state index contributed by atoms with van der Waals surface area (Å²) in [5.74, 6) is 0. The first kappa shape index (κ1) is 15.8. The Bertz CT molecular complexity index is 976. The van der Waals surface area contributed by atoms with Gasteiger partial charge in [0, 0.05) is 16.8 Å². The number of thiophene rings is 1. The Morgan fingerprint density at radius 3 is 3.04 bits per heavy atom. The summed E-state index contributed by atoms with van der Waals surface area (Å²) in [6.45, 7) is 1.88. The minimum absolute atomic E-state index is 0.00918. The molecule has 0 bridgehead atoms. The molecular weight excluding hydrogens is 354 g/mol. The maximum absolute atomic E-state index is 12.7. The molecule has 2 amide bonds. The number of hydrogen-bond donors (Lipinski definition) is 3. The molecule has 0 saturated heterocycles. The predicted molar refractivity (Wildman–Crippen MR) is 104 cm³/mol. The van der Waals surface area contributed by atoms with E-state index in [1.807, 2.05) is 42.6 Å². The van der Waals surface area contributed by atoms with Crippen LogP contribution in [0.2, 0.25) is 0 Å². The number of nitrogens with one attached hydrogen (secondary N) is 3. The van der Waals surface area contributed by atoms with E-state index in [0.717, 1.165) is 22.2 Å². The summed E-state index contributed by atoms with van der Waals surface area (Å²) in [5.41, 5.74) is 3.54. The summed E-state index contributed by atoms with van der Waals surface area (Å²) >= 11 is 7.05. The molecule has 1 aliphatic rings. The molecule has 1 aromatic carbocycles. The van der Waals surface area contributed by atoms with Crippen molar-refractivity contribution in [2.45, 2.75) is 13.0 Å². The summed E-state index contributed by atoms with van der Waals surface area (Å²) in [7, 11) is 0. The lowest BCUT2D eigenvalue weighted by molar-refractivity contribution is 0.239. The fourth-order valence-corrected chi connectivity index (χ4v) is 3.85. The highest BCUT2D eigenvalue weighted by Crippen LogP contribution is 2.25. The Hall–Kier alpha value is -2.71. The first-order chi connectivity index (χ1) is 12.1. The maximum Gasteiger partial charge on any atom is 0.332 e. The molecule has 1 atom stereocenters. The van der Waals surface area contributed by atoms with Crippen LogP contribution in [0.4, 0.5) is 10.5 Å². The van der Waals surface area contributed by atoms with Gasteiger partial charge in [-0.25, -0.2) is 9.69 Å². The minimum atomic E-state index is -0.294. The van der Waals surface area contributed by atoms with Crippen LogP contribution < -0.4 is 10.6 Å². The SMILES string of the molecule is CC1=CC(c2ccsc2)NC(=S)N1C(=O)Nc1ccc2[nH]ncc2c1. The summed E-state index contributed by atoms with van der Waals surface area (Å²) in [5, 5.41) is 18.4. The summed E-state index contributed by atoms with van der Waals surface area (Å²) in [6.07, 6.45) is 3.71. The van der Waals surface area contributed by atoms with Gasteiger partial charge in [-0.15, -0.1) is 0 Å². The van der Waals surface area contributed by atoms with E-state index in [1.165, 1.54) is 4.90 Å². The molecule has 1 aliphatic heterocycles. The van der Waals surface area contributed by atoms with E-state index in [4.69, 9.17) is 12.2 Å². The van der Waals surface area contributed by atoms with Crippen molar-refractivity contribution < 1.29 is 4.79 Å². The maximum atomic E-state index is 12.7. The van der Waals surface area contributed by atoms with E-state index in [2.05, 4.69) is 26.2 Å². The van der Waals surface area contributed by atoms with Gasteiger partial charge >= 0.3 is 6.03 Å². The Morgan fingerprint density at radius 2 is 2.28 bits per heavy atom. The largest absolute Gasteiger partial charge is 0.351 e. The van der Waals surface area contributed by atoms with Crippen molar-refractivity contribution in [2.75, 3.05) is 5.32 Å². The molecule has 3 N–H and O–H groups in total. The zero-order valence-corrected chi connectivity index (χ0v) is 14.9. The van der Waals surface area contributed by atoms with Crippen molar-refractivity contribution in [3.8, 4) is 0 Å². The van der Waals surface area contributed by atoms with Crippen molar-refractivity contribution in [2.24, 2.45) is 0 Å². The zero-order chi connectivity index (χ0) is 17.4. The van der Waals surface area contributed by atoms with Gasteiger partial charge in [0.1, 0.15) is 0 Å². The number of rotatable bonds is 2.